The first-order chi connectivity index (χ1) is 9.23. The lowest BCUT2D eigenvalue weighted by Gasteiger charge is -2.38. The number of nitrogens with two attached hydrogens (primary N) is 1. The molecular weight excluding hydrogens is 252 g/mol. The lowest BCUT2D eigenvalue weighted by molar-refractivity contribution is 0.316. The van der Waals surface area contributed by atoms with E-state index in [4.69, 9.17) is 5.73 Å². The minimum absolute atomic E-state index is 0.0608. The molecule has 2 N–H and O–H groups in total. The third-order valence-corrected chi connectivity index (χ3v) is 5.03. The molecule has 0 aliphatic heterocycles. The van der Waals surface area contributed by atoms with E-state index in [0.29, 0.717) is 0 Å². The summed E-state index contributed by atoms with van der Waals surface area (Å²) in [5.74, 6) is 0. The van der Waals surface area contributed by atoms with Crippen LogP contribution in [0.1, 0.15) is 37.1 Å². The summed E-state index contributed by atoms with van der Waals surface area (Å²) >= 11 is 1.69. The number of nitrogens with zero attached hydrogens (tertiary/aromatic N) is 1. The number of benzene rings is 1. The van der Waals surface area contributed by atoms with Crippen LogP contribution in [0.5, 0.6) is 0 Å². The molecule has 102 valence electrons. The van der Waals surface area contributed by atoms with E-state index < -0.39 is 0 Å². The fourth-order valence-electron chi connectivity index (χ4n) is 2.92. The molecule has 3 heteroatoms. The highest BCUT2D eigenvalue weighted by atomic mass is 32.1. The van der Waals surface area contributed by atoms with Crippen molar-refractivity contribution in [2.45, 2.75) is 44.6 Å². The Balaban J connectivity index is 2.28. The van der Waals surface area contributed by atoms with E-state index in [1.807, 2.05) is 11.7 Å². The average molecular weight is 274 g/mol. The number of hydrogen-bond donors (Lipinski definition) is 1. The Morgan fingerprint density at radius 3 is 2.42 bits per heavy atom. The summed E-state index contributed by atoms with van der Waals surface area (Å²) in [5.41, 5.74) is 9.87. The number of aromatic nitrogens is 1. The second kappa shape index (κ2) is 6.31. The van der Waals surface area contributed by atoms with Crippen LogP contribution < -0.4 is 5.73 Å². The zero-order valence-corrected chi connectivity index (χ0v) is 12.5. The number of rotatable bonds is 6. The van der Waals surface area contributed by atoms with Crippen LogP contribution in [0.2, 0.25) is 0 Å². The lowest BCUT2D eigenvalue weighted by Crippen LogP contribution is -2.46. The van der Waals surface area contributed by atoms with Crippen LogP contribution in [-0.4, -0.2) is 11.0 Å². The molecule has 0 saturated carbocycles. The normalized spacial score (nSPS) is 13.4. The van der Waals surface area contributed by atoms with Crippen LogP contribution in [0.3, 0.4) is 0 Å². The maximum Gasteiger partial charge on any atom is 0.0794 e. The van der Waals surface area contributed by atoms with Gasteiger partial charge in [-0.2, -0.15) is 0 Å². The molecule has 0 fully saturated rings. The van der Waals surface area contributed by atoms with Gasteiger partial charge in [-0.1, -0.05) is 44.2 Å². The van der Waals surface area contributed by atoms with Crippen molar-refractivity contribution in [3.8, 4) is 0 Å². The molecule has 0 amide bonds. The molecule has 2 rings (SSSR count). The quantitative estimate of drug-likeness (QED) is 0.871. The van der Waals surface area contributed by atoms with E-state index in [-0.39, 0.29) is 11.5 Å². The Morgan fingerprint density at radius 1 is 1.21 bits per heavy atom. The molecule has 0 bridgehead atoms. The third kappa shape index (κ3) is 2.88. The van der Waals surface area contributed by atoms with Gasteiger partial charge < -0.3 is 5.73 Å². The molecule has 19 heavy (non-hydrogen) atoms. The molecule has 1 aromatic heterocycles. The van der Waals surface area contributed by atoms with Crippen LogP contribution >= 0.6 is 11.3 Å². The minimum Gasteiger partial charge on any atom is -0.327 e. The van der Waals surface area contributed by atoms with Crippen molar-refractivity contribution in [3.05, 3.63) is 52.5 Å². The molecule has 2 aromatic rings. The highest BCUT2D eigenvalue weighted by Crippen LogP contribution is 2.35. The Morgan fingerprint density at radius 2 is 1.89 bits per heavy atom. The van der Waals surface area contributed by atoms with Crippen LogP contribution in [0.4, 0.5) is 0 Å². The molecule has 2 nitrogen and oxygen atoms in total. The SMILES string of the molecule is CCC(CC)(c1ccccc1)C(N)Cc1cncs1. The predicted octanol–water partition coefficient (Wildman–Crippen LogP) is 3.77. The predicted molar refractivity (Wildman–Crippen MR) is 82.5 cm³/mol. The van der Waals surface area contributed by atoms with Gasteiger partial charge in [0.2, 0.25) is 0 Å². The van der Waals surface area contributed by atoms with E-state index in [9.17, 15) is 0 Å². The Labute approximate surface area is 119 Å². The lowest BCUT2D eigenvalue weighted by atomic mass is 9.69. The highest BCUT2D eigenvalue weighted by Gasteiger charge is 2.35. The van der Waals surface area contributed by atoms with Crippen molar-refractivity contribution in [3.63, 3.8) is 0 Å². The maximum absolute atomic E-state index is 6.58. The molecule has 1 heterocycles. The van der Waals surface area contributed by atoms with Crippen LogP contribution in [0.25, 0.3) is 0 Å². The van der Waals surface area contributed by atoms with Crippen molar-refractivity contribution in [2.75, 3.05) is 0 Å². The van der Waals surface area contributed by atoms with Crippen LogP contribution in [-0.2, 0) is 11.8 Å². The minimum atomic E-state index is 0.0608. The van der Waals surface area contributed by atoms with Gasteiger partial charge in [0.25, 0.3) is 0 Å². The Bertz CT molecular complexity index is 475. The van der Waals surface area contributed by atoms with Crippen LogP contribution in [0.15, 0.2) is 42.0 Å². The van der Waals surface area contributed by atoms with E-state index in [2.05, 4.69) is 49.2 Å². The summed E-state index contributed by atoms with van der Waals surface area (Å²) < 4.78 is 0. The summed E-state index contributed by atoms with van der Waals surface area (Å²) in [5, 5.41) is 0. The van der Waals surface area contributed by atoms with Gasteiger partial charge in [-0.25, -0.2) is 0 Å². The van der Waals surface area contributed by atoms with Crippen LogP contribution in [0, 0.1) is 0 Å². The number of hydrogen-bond acceptors (Lipinski definition) is 3. The monoisotopic (exact) mass is 274 g/mol. The molecule has 0 aliphatic rings. The largest absolute Gasteiger partial charge is 0.327 e. The van der Waals surface area contributed by atoms with Gasteiger partial charge >= 0.3 is 0 Å². The molecule has 0 saturated heterocycles. The second-order valence-corrected chi connectivity index (χ2v) is 5.98. The first-order valence-corrected chi connectivity index (χ1v) is 7.79. The summed E-state index contributed by atoms with van der Waals surface area (Å²) in [4.78, 5) is 5.42. The van der Waals surface area contributed by atoms with Gasteiger partial charge in [0.15, 0.2) is 0 Å². The fraction of sp³-hybridized carbons (Fsp3) is 0.438. The zero-order valence-electron chi connectivity index (χ0n) is 11.7. The first kappa shape index (κ1) is 14.2. The smallest absolute Gasteiger partial charge is 0.0794 e. The van der Waals surface area contributed by atoms with Gasteiger partial charge in [0.1, 0.15) is 0 Å². The molecule has 0 spiro atoms. The standard InChI is InChI=1S/C16H22N2S/c1-3-16(4-2,13-8-6-5-7-9-13)15(17)10-14-11-18-12-19-14/h5-9,11-12,15H,3-4,10,17H2,1-2H3. The molecule has 1 unspecified atom stereocenters. The molecule has 1 aromatic carbocycles. The molecule has 1 atom stereocenters. The Hall–Kier alpha value is -1.19. The highest BCUT2D eigenvalue weighted by molar-refractivity contribution is 7.09. The van der Waals surface area contributed by atoms with Gasteiger partial charge in [-0.15, -0.1) is 11.3 Å². The van der Waals surface area contributed by atoms with E-state index in [1.165, 1.54) is 10.4 Å². The summed E-state index contributed by atoms with van der Waals surface area (Å²) in [6.07, 6.45) is 4.97. The molecule has 0 aliphatic carbocycles. The van der Waals surface area contributed by atoms with Crippen molar-refractivity contribution in [1.82, 2.24) is 4.98 Å². The Kier molecular flexibility index (Phi) is 4.72. The third-order valence-electron chi connectivity index (χ3n) is 4.22. The van der Waals surface area contributed by atoms with Crippen molar-refractivity contribution in [2.24, 2.45) is 5.73 Å². The number of thiazole rings is 1. The first-order valence-electron chi connectivity index (χ1n) is 6.91. The van der Waals surface area contributed by atoms with Crippen molar-refractivity contribution >= 4 is 11.3 Å². The average Bonchev–Trinajstić information content (AvgIpc) is 2.95. The maximum atomic E-state index is 6.58. The summed E-state index contributed by atoms with van der Waals surface area (Å²) in [6, 6.07) is 10.8. The summed E-state index contributed by atoms with van der Waals surface area (Å²) in [6.45, 7) is 4.48. The topological polar surface area (TPSA) is 38.9 Å². The van der Waals surface area contributed by atoms with E-state index in [1.54, 1.807) is 11.3 Å². The van der Waals surface area contributed by atoms with Gasteiger partial charge in [-0.3, -0.25) is 4.98 Å². The van der Waals surface area contributed by atoms with E-state index >= 15 is 0 Å². The molecular formula is C16H22N2S. The van der Waals surface area contributed by atoms with Crippen molar-refractivity contribution < 1.29 is 0 Å². The molecule has 0 radical (unpaired) electrons. The van der Waals surface area contributed by atoms with E-state index in [0.717, 1.165) is 19.3 Å². The van der Waals surface area contributed by atoms with Gasteiger partial charge in [-0.05, 0) is 24.8 Å². The van der Waals surface area contributed by atoms with Crippen molar-refractivity contribution in [1.29, 1.82) is 0 Å². The second-order valence-electron chi connectivity index (χ2n) is 5.01. The summed E-state index contributed by atoms with van der Waals surface area (Å²) in [7, 11) is 0. The fourth-order valence-corrected chi connectivity index (χ4v) is 3.58. The van der Waals surface area contributed by atoms with Gasteiger partial charge in [0.05, 0.1) is 5.51 Å². The zero-order chi connectivity index (χ0) is 13.7. The van der Waals surface area contributed by atoms with Gasteiger partial charge in [0, 0.05) is 22.5 Å².